The van der Waals surface area contributed by atoms with Crippen LogP contribution in [0.15, 0.2) is 47.4 Å². The van der Waals surface area contributed by atoms with E-state index in [0.717, 1.165) is 23.1 Å². The number of aromatic hydroxyl groups is 1. The lowest BCUT2D eigenvalue weighted by molar-refractivity contribution is 0.0925. The van der Waals surface area contributed by atoms with Gasteiger partial charge in [0.2, 0.25) is 0 Å². The van der Waals surface area contributed by atoms with Crippen molar-refractivity contribution in [1.29, 1.82) is 0 Å². The summed E-state index contributed by atoms with van der Waals surface area (Å²) in [6.07, 6.45) is 0. The Morgan fingerprint density at radius 3 is 1.91 bits per heavy atom. The van der Waals surface area contributed by atoms with Crippen molar-refractivity contribution in [3.8, 4) is 5.75 Å². The van der Waals surface area contributed by atoms with Crippen LogP contribution < -0.4 is 4.90 Å². The summed E-state index contributed by atoms with van der Waals surface area (Å²) >= 11 is 0. The number of nitrogens with zero attached hydrogens (tertiary/aromatic N) is 1. The number of anilines is 1. The molecular weight excluding hydrogens is 310 g/mol. The van der Waals surface area contributed by atoms with Crippen LogP contribution >= 0.6 is 0 Å². The third-order valence-electron chi connectivity index (χ3n) is 3.28. The number of fused-ring (bicyclic) bond motifs is 1. The lowest BCUT2D eigenvalue weighted by Crippen LogP contribution is -2.29. The summed E-state index contributed by atoms with van der Waals surface area (Å²) in [4.78, 5) is 24.8. The number of hydrogen-bond acceptors (Lipinski definition) is 5. The molecule has 22 heavy (non-hydrogen) atoms. The minimum atomic E-state index is -4.49. The predicted molar refractivity (Wildman–Crippen MR) is 75.5 cm³/mol. The number of carbonyl (C=O) groups excluding carboxylic acids is 2. The molecule has 0 fully saturated rings. The molecule has 0 radical (unpaired) electrons. The molecule has 1 aliphatic heterocycles. The van der Waals surface area contributed by atoms with Gasteiger partial charge in [0.05, 0.1) is 21.7 Å². The lowest BCUT2D eigenvalue weighted by Gasteiger charge is -2.15. The minimum absolute atomic E-state index is 0.154. The second kappa shape index (κ2) is 4.65. The molecule has 1 aliphatic rings. The van der Waals surface area contributed by atoms with Crippen LogP contribution in [0.3, 0.4) is 0 Å². The van der Waals surface area contributed by atoms with Crippen LogP contribution in [0.4, 0.5) is 5.69 Å². The van der Waals surface area contributed by atoms with Gasteiger partial charge in [-0.25, -0.2) is 4.90 Å². The number of amides is 2. The highest BCUT2D eigenvalue weighted by molar-refractivity contribution is 7.85. The molecule has 7 nitrogen and oxygen atoms in total. The fourth-order valence-electron chi connectivity index (χ4n) is 2.26. The van der Waals surface area contributed by atoms with Gasteiger partial charge in [0.25, 0.3) is 21.9 Å². The molecule has 8 heteroatoms. The largest absolute Gasteiger partial charge is 0.506 e. The zero-order valence-corrected chi connectivity index (χ0v) is 11.7. The van der Waals surface area contributed by atoms with Crippen molar-refractivity contribution < 1.29 is 27.7 Å². The van der Waals surface area contributed by atoms with E-state index in [1.807, 2.05) is 0 Å². The molecule has 0 aromatic heterocycles. The van der Waals surface area contributed by atoms with Crippen molar-refractivity contribution in [3.63, 3.8) is 0 Å². The smallest absolute Gasteiger partial charge is 0.294 e. The maximum absolute atomic E-state index is 12.3. The summed E-state index contributed by atoms with van der Waals surface area (Å²) in [5, 5.41) is 9.91. The van der Waals surface area contributed by atoms with Crippen LogP contribution in [0.25, 0.3) is 0 Å². The highest BCUT2D eigenvalue weighted by Gasteiger charge is 2.37. The van der Waals surface area contributed by atoms with Crippen LogP contribution in [-0.2, 0) is 10.1 Å². The maximum atomic E-state index is 12.3. The van der Waals surface area contributed by atoms with E-state index in [-0.39, 0.29) is 16.8 Å². The lowest BCUT2D eigenvalue weighted by atomic mass is 10.1. The molecule has 0 spiro atoms. The second-order valence-corrected chi connectivity index (χ2v) is 6.04. The van der Waals surface area contributed by atoms with E-state index in [9.17, 15) is 23.1 Å². The van der Waals surface area contributed by atoms with E-state index >= 15 is 0 Å². The molecule has 0 saturated heterocycles. The summed E-state index contributed by atoms with van der Waals surface area (Å²) in [5.74, 6) is -1.84. The average molecular weight is 319 g/mol. The van der Waals surface area contributed by atoms with E-state index in [1.165, 1.54) is 12.1 Å². The number of benzene rings is 2. The minimum Gasteiger partial charge on any atom is -0.506 e. The van der Waals surface area contributed by atoms with Crippen LogP contribution in [0.5, 0.6) is 5.75 Å². The fourth-order valence-corrected chi connectivity index (χ4v) is 2.76. The maximum Gasteiger partial charge on any atom is 0.294 e. The van der Waals surface area contributed by atoms with Crippen LogP contribution in [0.1, 0.15) is 20.7 Å². The van der Waals surface area contributed by atoms with Crippen molar-refractivity contribution >= 4 is 27.6 Å². The number of phenolic OH excluding ortho intramolecular Hbond substituents is 1. The number of carbonyl (C=O) groups is 2. The summed E-state index contributed by atoms with van der Waals surface area (Å²) in [7, 11) is -4.49. The SMILES string of the molecule is O=C1c2ccccc2C(=O)N1c1ccc(S(=O)(=O)O)cc1O. The van der Waals surface area contributed by atoms with Gasteiger partial charge in [-0.05, 0) is 24.3 Å². The van der Waals surface area contributed by atoms with Crippen molar-refractivity contribution in [3.05, 3.63) is 53.6 Å². The fraction of sp³-hybridized carbons (Fsp3) is 0. The quantitative estimate of drug-likeness (QED) is 0.640. The topological polar surface area (TPSA) is 112 Å². The third-order valence-corrected chi connectivity index (χ3v) is 4.13. The molecular formula is C14H9NO6S. The van der Waals surface area contributed by atoms with Gasteiger partial charge in [0.1, 0.15) is 5.75 Å². The van der Waals surface area contributed by atoms with E-state index in [0.29, 0.717) is 0 Å². The summed E-state index contributed by atoms with van der Waals surface area (Å²) in [6, 6.07) is 9.03. The predicted octanol–water partition coefficient (Wildman–Crippen LogP) is 1.44. The van der Waals surface area contributed by atoms with Crippen molar-refractivity contribution in [2.24, 2.45) is 0 Å². The van der Waals surface area contributed by atoms with Gasteiger partial charge in [-0.15, -0.1) is 0 Å². The molecule has 0 atom stereocenters. The molecule has 0 saturated carbocycles. The van der Waals surface area contributed by atoms with E-state index in [4.69, 9.17) is 4.55 Å². The van der Waals surface area contributed by atoms with Gasteiger partial charge in [-0.1, -0.05) is 12.1 Å². The van der Waals surface area contributed by atoms with E-state index in [2.05, 4.69) is 0 Å². The number of rotatable bonds is 2. The standard InChI is InChI=1S/C14H9NO6S/c16-12-7-8(22(19,20)21)5-6-11(12)15-13(17)9-3-1-2-4-10(9)14(15)18/h1-7,16H,(H,19,20,21). The molecule has 2 amide bonds. The second-order valence-electron chi connectivity index (χ2n) is 4.62. The van der Waals surface area contributed by atoms with Gasteiger partial charge < -0.3 is 5.11 Å². The first-order chi connectivity index (χ1) is 10.3. The third kappa shape index (κ3) is 2.05. The number of phenols is 1. The van der Waals surface area contributed by atoms with E-state index in [1.54, 1.807) is 12.1 Å². The molecule has 0 bridgehead atoms. The zero-order valence-electron chi connectivity index (χ0n) is 10.9. The zero-order chi connectivity index (χ0) is 16.1. The van der Waals surface area contributed by atoms with Crippen LogP contribution in [-0.4, -0.2) is 29.9 Å². The van der Waals surface area contributed by atoms with Crippen molar-refractivity contribution in [2.75, 3.05) is 4.90 Å². The van der Waals surface area contributed by atoms with E-state index < -0.39 is 32.6 Å². The Kier molecular flexibility index (Phi) is 3.01. The highest BCUT2D eigenvalue weighted by Crippen LogP contribution is 2.35. The molecule has 112 valence electrons. The van der Waals surface area contributed by atoms with Gasteiger partial charge in [-0.3, -0.25) is 14.1 Å². The Bertz CT molecular complexity index is 884. The molecule has 1 heterocycles. The Morgan fingerprint density at radius 2 is 1.45 bits per heavy atom. The Balaban J connectivity index is 2.11. The van der Waals surface area contributed by atoms with Crippen LogP contribution in [0.2, 0.25) is 0 Å². The summed E-state index contributed by atoms with van der Waals surface area (Å²) in [5.41, 5.74) is 0.245. The molecule has 0 unspecified atom stereocenters. The average Bonchev–Trinajstić information content (AvgIpc) is 2.71. The van der Waals surface area contributed by atoms with Gasteiger partial charge in [0, 0.05) is 6.07 Å². The molecule has 3 rings (SSSR count). The van der Waals surface area contributed by atoms with Gasteiger partial charge in [0.15, 0.2) is 0 Å². The summed E-state index contributed by atoms with van der Waals surface area (Å²) < 4.78 is 31.0. The van der Waals surface area contributed by atoms with Crippen molar-refractivity contribution in [1.82, 2.24) is 0 Å². The highest BCUT2D eigenvalue weighted by atomic mass is 32.2. The van der Waals surface area contributed by atoms with Gasteiger partial charge in [-0.2, -0.15) is 8.42 Å². The molecule has 2 aromatic rings. The molecule has 2 aromatic carbocycles. The monoisotopic (exact) mass is 319 g/mol. The number of hydrogen-bond donors (Lipinski definition) is 2. The Labute approximate surface area is 125 Å². The van der Waals surface area contributed by atoms with Crippen LogP contribution in [0, 0.1) is 0 Å². The van der Waals surface area contributed by atoms with Gasteiger partial charge >= 0.3 is 0 Å². The Hall–Kier alpha value is -2.71. The summed E-state index contributed by atoms with van der Waals surface area (Å²) in [6.45, 7) is 0. The normalized spacial score (nSPS) is 14.3. The first-order valence-corrected chi connectivity index (χ1v) is 7.53. The Morgan fingerprint density at radius 1 is 0.909 bits per heavy atom. The molecule has 0 aliphatic carbocycles. The number of imide groups is 1. The first kappa shape index (κ1) is 14.2. The molecule has 2 N–H and O–H groups in total. The van der Waals surface area contributed by atoms with Crippen molar-refractivity contribution in [2.45, 2.75) is 4.90 Å². The first-order valence-electron chi connectivity index (χ1n) is 6.09.